The van der Waals surface area contributed by atoms with Gasteiger partial charge in [0.2, 0.25) is 0 Å². The number of piperazine rings is 1. The van der Waals surface area contributed by atoms with E-state index in [0.29, 0.717) is 6.54 Å². The third kappa shape index (κ3) is 4.33. The van der Waals surface area contributed by atoms with Crippen molar-refractivity contribution in [2.45, 2.75) is 18.7 Å². The first-order valence-electron chi connectivity index (χ1n) is 6.89. The zero-order chi connectivity index (χ0) is 15.5. The second-order valence-electron chi connectivity index (χ2n) is 5.17. The standard InChI is InChI=1S/C14H19F3N2O2/c15-14(16,17)10-1-2-12(20)11(9-10)13(21)3-6-19-7-4-18-5-8-19/h1-2,9,13,18,20-21H,3-8H2. The molecule has 0 amide bonds. The highest BCUT2D eigenvalue weighted by Crippen LogP contribution is 2.35. The fraction of sp³-hybridized carbons (Fsp3) is 0.571. The van der Waals surface area contributed by atoms with E-state index in [4.69, 9.17) is 0 Å². The van der Waals surface area contributed by atoms with Crippen molar-refractivity contribution in [1.29, 1.82) is 0 Å². The van der Waals surface area contributed by atoms with E-state index in [9.17, 15) is 23.4 Å². The van der Waals surface area contributed by atoms with Crippen LogP contribution in [0.4, 0.5) is 13.2 Å². The number of aromatic hydroxyl groups is 1. The topological polar surface area (TPSA) is 55.7 Å². The molecule has 0 radical (unpaired) electrons. The molecule has 21 heavy (non-hydrogen) atoms. The number of aliphatic hydroxyl groups excluding tert-OH is 1. The lowest BCUT2D eigenvalue weighted by Crippen LogP contribution is -2.44. The molecule has 0 spiro atoms. The van der Waals surface area contributed by atoms with E-state index in [2.05, 4.69) is 10.2 Å². The van der Waals surface area contributed by atoms with Gasteiger partial charge >= 0.3 is 6.18 Å². The van der Waals surface area contributed by atoms with Crippen LogP contribution in [-0.4, -0.2) is 47.8 Å². The summed E-state index contributed by atoms with van der Waals surface area (Å²) in [6.45, 7) is 4.01. The molecular formula is C14H19F3N2O2. The van der Waals surface area contributed by atoms with Crippen molar-refractivity contribution < 1.29 is 23.4 Å². The molecule has 2 rings (SSSR count). The number of hydrogen-bond donors (Lipinski definition) is 3. The molecule has 1 atom stereocenters. The van der Waals surface area contributed by atoms with Crippen molar-refractivity contribution in [3.63, 3.8) is 0 Å². The van der Waals surface area contributed by atoms with Crippen molar-refractivity contribution in [3.8, 4) is 5.75 Å². The zero-order valence-electron chi connectivity index (χ0n) is 11.5. The highest BCUT2D eigenvalue weighted by molar-refractivity contribution is 5.38. The van der Waals surface area contributed by atoms with E-state index >= 15 is 0 Å². The van der Waals surface area contributed by atoms with E-state index in [1.54, 1.807) is 0 Å². The summed E-state index contributed by atoms with van der Waals surface area (Å²) in [6, 6.07) is 2.60. The second kappa shape index (κ2) is 6.64. The predicted octanol–water partition coefficient (Wildman–Crippen LogP) is 1.74. The Labute approximate surface area is 121 Å². The molecule has 0 bridgehead atoms. The van der Waals surface area contributed by atoms with Crippen LogP contribution in [0.15, 0.2) is 18.2 Å². The Kier molecular flexibility index (Phi) is 5.08. The van der Waals surface area contributed by atoms with Crippen LogP contribution in [-0.2, 0) is 6.18 Å². The van der Waals surface area contributed by atoms with Crippen LogP contribution in [0.5, 0.6) is 5.75 Å². The maximum Gasteiger partial charge on any atom is 0.416 e. The highest BCUT2D eigenvalue weighted by Gasteiger charge is 2.31. The number of nitrogens with zero attached hydrogens (tertiary/aromatic N) is 1. The molecule has 3 N–H and O–H groups in total. The minimum Gasteiger partial charge on any atom is -0.508 e. The Morgan fingerprint density at radius 3 is 2.52 bits per heavy atom. The number of nitrogens with one attached hydrogen (secondary N) is 1. The number of halogens is 3. The van der Waals surface area contributed by atoms with Crippen LogP contribution in [0.2, 0.25) is 0 Å². The maximum atomic E-state index is 12.7. The largest absolute Gasteiger partial charge is 0.508 e. The van der Waals surface area contributed by atoms with Gasteiger partial charge in [0.1, 0.15) is 5.75 Å². The lowest BCUT2D eigenvalue weighted by atomic mass is 10.0. The third-order valence-corrected chi connectivity index (χ3v) is 3.64. The summed E-state index contributed by atoms with van der Waals surface area (Å²) < 4.78 is 38.0. The summed E-state index contributed by atoms with van der Waals surface area (Å²) >= 11 is 0. The van der Waals surface area contributed by atoms with Gasteiger partial charge in [-0.15, -0.1) is 0 Å². The SMILES string of the molecule is Oc1ccc(C(F)(F)F)cc1C(O)CCN1CCNCC1. The Hall–Kier alpha value is -1.31. The van der Waals surface area contributed by atoms with Gasteiger partial charge in [0.15, 0.2) is 0 Å². The molecular weight excluding hydrogens is 285 g/mol. The second-order valence-corrected chi connectivity index (χ2v) is 5.17. The number of hydrogen-bond acceptors (Lipinski definition) is 4. The van der Waals surface area contributed by atoms with Gasteiger partial charge in [0.05, 0.1) is 11.7 Å². The van der Waals surface area contributed by atoms with Gasteiger partial charge < -0.3 is 20.4 Å². The van der Waals surface area contributed by atoms with Crippen LogP contribution in [0.3, 0.4) is 0 Å². The molecule has 4 nitrogen and oxygen atoms in total. The van der Waals surface area contributed by atoms with Crippen molar-refractivity contribution in [2.24, 2.45) is 0 Å². The number of phenols is 1. The molecule has 1 heterocycles. The highest BCUT2D eigenvalue weighted by atomic mass is 19.4. The van der Waals surface area contributed by atoms with Crippen LogP contribution < -0.4 is 5.32 Å². The molecule has 0 aliphatic carbocycles. The van der Waals surface area contributed by atoms with Gasteiger partial charge in [-0.3, -0.25) is 0 Å². The summed E-state index contributed by atoms with van der Waals surface area (Å²) in [5, 5.41) is 22.9. The average molecular weight is 304 g/mol. The van der Waals surface area contributed by atoms with Crippen molar-refractivity contribution >= 4 is 0 Å². The van der Waals surface area contributed by atoms with E-state index in [1.807, 2.05) is 0 Å². The fourth-order valence-electron chi connectivity index (χ4n) is 2.39. The van der Waals surface area contributed by atoms with Crippen LogP contribution in [0.25, 0.3) is 0 Å². The third-order valence-electron chi connectivity index (χ3n) is 3.64. The maximum absolute atomic E-state index is 12.7. The molecule has 1 unspecified atom stereocenters. The fourth-order valence-corrected chi connectivity index (χ4v) is 2.39. The van der Waals surface area contributed by atoms with E-state index < -0.39 is 17.8 Å². The minimum atomic E-state index is -4.49. The van der Waals surface area contributed by atoms with Gasteiger partial charge in [-0.05, 0) is 24.6 Å². The molecule has 0 saturated carbocycles. The van der Waals surface area contributed by atoms with Crippen LogP contribution in [0.1, 0.15) is 23.7 Å². The summed E-state index contributed by atoms with van der Waals surface area (Å²) in [5.41, 5.74) is -0.934. The summed E-state index contributed by atoms with van der Waals surface area (Å²) in [4.78, 5) is 2.13. The lowest BCUT2D eigenvalue weighted by molar-refractivity contribution is -0.137. The molecule has 1 aliphatic rings. The van der Waals surface area contributed by atoms with Crippen molar-refractivity contribution in [3.05, 3.63) is 29.3 Å². The van der Waals surface area contributed by atoms with E-state index in [1.165, 1.54) is 0 Å². The van der Waals surface area contributed by atoms with Crippen molar-refractivity contribution in [1.82, 2.24) is 10.2 Å². The number of aliphatic hydroxyl groups is 1. The van der Waals surface area contributed by atoms with Gasteiger partial charge in [-0.1, -0.05) is 0 Å². The van der Waals surface area contributed by atoms with Gasteiger partial charge in [-0.25, -0.2) is 0 Å². The molecule has 1 saturated heterocycles. The number of alkyl halides is 3. The molecule has 1 aromatic rings. The first kappa shape index (κ1) is 16.1. The predicted molar refractivity (Wildman–Crippen MR) is 72.0 cm³/mol. The first-order valence-corrected chi connectivity index (χ1v) is 6.89. The average Bonchev–Trinajstić information content (AvgIpc) is 2.45. The number of phenolic OH excluding ortho intramolecular Hbond substituents is 1. The minimum absolute atomic E-state index is 0.0695. The summed E-state index contributed by atoms with van der Waals surface area (Å²) in [7, 11) is 0. The number of rotatable bonds is 4. The first-order chi connectivity index (χ1) is 9.88. The molecule has 0 aromatic heterocycles. The Morgan fingerprint density at radius 2 is 1.90 bits per heavy atom. The Bertz CT molecular complexity index is 474. The van der Waals surface area contributed by atoms with Crippen LogP contribution >= 0.6 is 0 Å². The molecule has 7 heteroatoms. The van der Waals surface area contributed by atoms with Gasteiger partial charge in [0, 0.05) is 38.3 Å². The molecule has 1 aliphatic heterocycles. The smallest absolute Gasteiger partial charge is 0.416 e. The van der Waals surface area contributed by atoms with Gasteiger partial charge in [0.25, 0.3) is 0 Å². The summed E-state index contributed by atoms with van der Waals surface area (Å²) in [6.07, 6.45) is -5.31. The molecule has 1 aromatic carbocycles. The Balaban J connectivity index is 2.02. The molecule has 1 fully saturated rings. The zero-order valence-corrected chi connectivity index (χ0v) is 11.5. The van der Waals surface area contributed by atoms with Gasteiger partial charge in [-0.2, -0.15) is 13.2 Å². The Morgan fingerprint density at radius 1 is 1.24 bits per heavy atom. The van der Waals surface area contributed by atoms with E-state index in [-0.39, 0.29) is 17.7 Å². The summed E-state index contributed by atoms with van der Waals surface area (Å²) in [5.74, 6) is -0.309. The molecule has 118 valence electrons. The lowest BCUT2D eigenvalue weighted by Gasteiger charge is -2.28. The monoisotopic (exact) mass is 304 g/mol. The normalized spacial score (nSPS) is 18.7. The quantitative estimate of drug-likeness (QED) is 0.793. The van der Waals surface area contributed by atoms with E-state index in [0.717, 1.165) is 44.4 Å². The number of benzene rings is 1. The van der Waals surface area contributed by atoms with Crippen molar-refractivity contribution in [2.75, 3.05) is 32.7 Å². The van der Waals surface area contributed by atoms with Crippen LogP contribution in [0, 0.1) is 0 Å².